The topological polar surface area (TPSA) is 26.3 Å². The van der Waals surface area contributed by atoms with Crippen molar-refractivity contribution in [1.82, 2.24) is 0 Å². The Morgan fingerprint density at radius 2 is 2.15 bits per heavy atom. The number of Topliss-reactive ketones (excluding diaryl/α,β-unsaturated/α-hetero) is 1. The summed E-state index contributed by atoms with van der Waals surface area (Å²) in [6, 6.07) is 0. The van der Waals surface area contributed by atoms with Gasteiger partial charge in [0, 0.05) is 5.92 Å². The number of hydrogen-bond acceptors (Lipinski definition) is 2. The highest BCUT2D eigenvalue weighted by atomic mass is 16.5. The first-order valence-electron chi connectivity index (χ1n) is 5.24. The molecule has 13 heavy (non-hydrogen) atoms. The van der Waals surface area contributed by atoms with Gasteiger partial charge in [-0.2, -0.15) is 0 Å². The minimum absolute atomic E-state index is 0.169. The van der Waals surface area contributed by atoms with Crippen molar-refractivity contribution < 1.29 is 9.53 Å². The van der Waals surface area contributed by atoms with Crippen LogP contribution in [0.25, 0.3) is 0 Å². The van der Waals surface area contributed by atoms with Crippen LogP contribution in [-0.2, 0) is 9.53 Å². The third-order valence-corrected chi connectivity index (χ3v) is 2.71. The van der Waals surface area contributed by atoms with Crippen LogP contribution in [0, 0.1) is 11.8 Å². The molecule has 0 radical (unpaired) electrons. The molecule has 0 saturated heterocycles. The van der Waals surface area contributed by atoms with E-state index in [-0.39, 0.29) is 12.0 Å². The molecular formula is C11H20O2. The molecule has 1 aliphatic carbocycles. The molecule has 0 heterocycles. The third-order valence-electron chi connectivity index (χ3n) is 2.71. The van der Waals surface area contributed by atoms with Crippen molar-refractivity contribution in [3.8, 4) is 0 Å². The van der Waals surface area contributed by atoms with Gasteiger partial charge in [-0.3, -0.25) is 4.79 Å². The highest BCUT2D eigenvalue weighted by Gasteiger charge is 2.27. The molecule has 0 aromatic carbocycles. The summed E-state index contributed by atoms with van der Waals surface area (Å²) in [5, 5.41) is 0. The van der Waals surface area contributed by atoms with Crippen molar-refractivity contribution in [2.45, 2.75) is 46.1 Å². The molecule has 1 aliphatic rings. The Morgan fingerprint density at radius 1 is 1.46 bits per heavy atom. The summed E-state index contributed by atoms with van der Waals surface area (Å²) in [4.78, 5) is 11.6. The van der Waals surface area contributed by atoms with Crippen molar-refractivity contribution in [3.05, 3.63) is 0 Å². The zero-order chi connectivity index (χ0) is 9.84. The number of carbonyl (C=O) groups is 1. The maximum absolute atomic E-state index is 11.6. The Balaban J connectivity index is 2.24. The summed E-state index contributed by atoms with van der Waals surface area (Å²) >= 11 is 0. The molecule has 0 amide bonds. The van der Waals surface area contributed by atoms with Crippen LogP contribution in [0.15, 0.2) is 0 Å². The van der Waals surface area contributed by atoms with E-state index in [0.717, 1.165) is 18.8 Å². The number of carbonyl (C=O) groups excluding carboxylic acids is 1. The van der Waals surface area contributed by atoms with E-state index in [4.69, 9.17) is 4.74 Å². The summed E-state index contributed by atoms with van der Waals surface area (Å²) in [7, 11) is 0. The van der Waals surface area contributed by atoms with Crippen molar-refractivity contribution in [3.63, 3.8) is 0 Å². The van der Waals surface area contributed by atoms with Gasteiger partial charge in [-0.15, -0.1) is 0 Å². The van der Waals surface area contributed by atoms with Gasteiger partial charge in [0.2, 0.25) is 0 Å². The van der Waals surface area contributed by atoms with Gasteiger partial charge in [0.05, 0.1) is 6.10 Å². The fourth-order valence-corrected chi connectivity index (χ4v) is 1.87. The van der Waals surface area contributed by atoms with Gasteiger partial charge in [-0.05, 0) is 39.0 Å². The van der Waals surface area contributed by atoms with E-state index in [2.05, 4.69) is 6.92 Å². The lowest BCUT2D eigenvalue weighted by Gasteiger charge is -2.10. The standard InChI is InChI=1S/C11H20O2/c1-8(2)13-7-11(12)10-5-4-9(3)6-10/h8-10H,4-7H2,1-3H3. The van der Waals surface area contributed by atoms with Crippen LogP contribution in [0.3, 0.4) is 0 Å². The Hall–Kier alpha value is -0.370. The first-order chi connectivity index (χ1) is 6.09. The molecule has 1 rings (SSSR count). The summed E-state index contributed by atoms with van der Waals surface area (Å²) in [6.07, 6.45) is 3.52. The molecule has 0 aromatic heterocycles. The zero-order valence-electron chi connectivity index (χ0n) is 8.88. The van der Waals surface area contributed by atoms with Crippen molar-refractivity contribution in [1.29, 1.82) is 0 Å². The van der Waals surface area contributed by atoms with Gasteiger partial charge >= 0.3 is 0 Å². The lowest BCUT2D eigenvalue weighted by atomic mass is 10.0. The lowest BCUT2D eigenvalue weighted by molar-refractivity contribution is -0.128. The van der Waals surface area contributed by atoms with Gasteiger partial charge in [0.25, 0.3) is 0 Å². The minimum Gasteiger partial charge on any atom is -0.371 e. The fraction of sp³-hybridized carbons (Fsp3) is 0.909. The number of ether oxygens (including phenoxy) is 1. The predicted molar refractivity (Wildman–Crippen MR) is 52.6 cm³/mol. The molecular weight excluding hydrogens is 164 g/mol. The van der Waals surface area contributed by atoms with Crippen molar-refractivity contribution >= 4 is 5.78 Å². The summed E-state index contributed by atoms with van der Waals surface area (Å²) in [5.41, 5.74) is 0. The molecule has 0 spiro atoms. The molecule has 2 unspecified atom stereocenters. The van der Waals surface area contributed by atoms with E-state index in [1.165, 1.54) is 6.42 Å². The van der Waals surface area contributed by atoms with Crippen molar-refractivity contribution in [2.75, 3.05) is 6.61 Å². The van der Waals surface area contributed by atoms with Crippen LogP contribution in [0.2, 0.25) is 0 Å². The monoisotopic (exact) mass is 184 g/mol. The first kappa shape index (κ1) is 10.7. The second kappa shape index (κ2) is 4.75. The zero-order valence-corrected chi connectivity index (χ0v) is 8.88. The number of hydrogen-bond donors (Lipinski definition) is 0. The molecule has 76 valence electrons. The fourth-order valence-electron chi connectivity index (χ4n) is 1.87. The maximum Gasteiger partial charge on any atom is 0.161 e. The van der Waals surface area contributed by atoms with E-state index < -0.39 is 0 Å². The number of ketones is 1. The predicted octanol–water partition coefficient (Wildman–Crippen LogP) is 2.42. The van der Waals surface area contributed by atoms with Gasteiger partial charge in [0.15, 0.2) is 5.78 Å². The first-order valence-corrected chi connectivity index (χ1v) is 5.24. The lowest BCUT2D eigenvalue weighted by Crippen LogP contribution is -2.20. The Bertz CT molecular complexity index is 175. The van der Waals surface area contributed by atoms with Gasteiger partial charge in [-0.1, -0.05) is 6.92 Å². The summed E-state index contributed by atoms with van der Waals surface area (Å²) in [5.74, 6) is 1.32. The van der Waals surface area contributed by atoms with Crippen LogP contribution in [0.5, 0.6) is 0 Å². The molecule has 2 nitrogen and oxygen atoms in total. The van der Waals surface area contributed by atoms with E-state index >= 15 is 0 Å². The van der Waals surface area contributed by atoms with Crippen LogP contribution < -0.4 is 0 Å². The van der Waals surface area contributed by atoms with E-state index in [9.17, 15) is 4.79 Å². The van der Waals surface area contributed by atoms with Gasteiger partial charge in [-0.25, -0.2) is 0 Å². The van der Waals surface area contributed by atoms with Crippen LogP contribution in [-0.4, -0.2) is 18.5 Å². The Kier molecular flexibility index (Phi) is 3.91. The molecule has 0 bridgehead atoms. The van der Waals surface area contributed by atoms with Crippen LogP contribution in [0.1, 0.15) is 40.0 Å². The minimum atomic E-state index is 0.169. The second-order valence-corrected chi connectivity index (χ2v) is 4.44. The average molecular weight is 184 g/mol. The smallest absolute Gasteiger partial charge is 0.161 e. The van der Waals surface area contributed by atoms with Gasteiger partial charge in [0.1, 0.15) is 6.61 Å². The van der Waals surface area contributed by atoms with E-state index in [1.807, 2.05) is 13.8 Å². The molecule has 0 aromatic rings. The van der Waals surface area contributed by atoms with Gasteiger partial charge < -0.3 is 4.74 Å². The van der Waals surface area contributed by atoms with E-state index in [0.29, 0.717) is 12.4 Å². The van der Waals surface area contributed by atoms with Crippen LogP contribution in [0.4, 0.5) is 0 Å². The molecule has 2 heteroatoms. The third kappa shape index (κ3) is 3.47. The SMILES string of the molecule is CC1CCC(C(=O)COC(C)C)C1. The molecule has 0 aliphatic heterocycles. The normalized spacial score (nSPS) is 28.3. The highest BCUT2D eigenvalue weighted by Crippen LogP contribution is 2.30. The van der Waals surface area contributed by atoms with Crippen molar-refractivity contribution in [2.24, 2.45) is 11.8 Å². The second-order valence-electron chi connectivity index (χ2n) is 4.44. The Morgan fingerprint density at radius 3 is 2.62 bits per heavy atom. The Labute approximate surface area is 80.7 Å². The molecule has 2 atom stereocenters. The maximum atomic E-state index is 11.6. The highest BCUT2D eigenvalue weighted by molar-refractivity contribution is 5.82. The summed E-state index contributed by atoms with van der Waals surface area (Å²) in [6.45, 7) is 6.46. The largest absolute Gasteiger partial charge is 0.371 e. The quantitative estimate of drug-likeness (QED) is 0.670. The molecule has 1 saturated carbocycles. The summed E-state index contributed by atoms with van der Waals surface area (Å²) < 4.78 is 5.30. The number of rotatable bonds is 4. The van der Waals surface area contributed by atoms with E-state index in [1.54, 1.807) is 0 Å². The molecule has 1 fully saturated rings. The average Bonchev–Trinajstić information content (AvgIpc) is 2.47. The molecule has 0 N–H and O–H groups in total. The van der Waals surface area contributed by atoms with Crippen LogP contribution >= 0.6 is 0 Å².